The number of carbonyl (C=O) groups excluding carboxylic acids is 2. The van der Waals surface area contributed by atoms with E-state index >= 15 is 0 Å². The highest BCUT2D eigenvalue weighted by Crippen LogP contribution is 2.27. The van der Waals surface area contributed by atoms with Crippen LogP contribution in [-0.4, -0.2) is 64.1 Å². The Kier molecular flexibility index (Phi) is 5.13. The van der Waals surface area contributed by atoms with Crippen molar-refractivity contribution in [2.24, 2.45) is 0 Å². The van der Waals surface area contributed by atoms with Gasteiger partial charge in [0.05, 0.1) is 19.0 Å². The Hall–Kier alpha value is -1.96. The van der Waals surface area contributed by atoms with Crippen molar-refractivity contribution in [2.45, 2.75) is 57.7 Å². The lowest BCUT2D eigenvalue weighted by Gasteiger charge is -2.39. The standard InChI is InChI=1S/C16H25N5O3/c1-11-13(19-24-18-11)10-20(2)15(22)9-14-16(23)17-7-8-21(14)12-5-3-4-6-12/h12,14H,3-10H2,1-2H3,(H,17,23)/t14-/m0/s1. The molecular formula is C16H25N5O3. The molecule has 0 bridgehead atoms. The minimum Gasteiger partial charge on any atom is -0.353 e. The number of amides is 2. The molecule has 2 fully saturated rings. The van der Waals surface area contributed by atoms with Gasteiger partial charge in [0.1, 0.15) is 11.4 Å². The van der Waals surface area contributed by atoms with Crippen LogP contribution in [0, 0.1) is 6.92 Å². The zero-order valence-corrected chi connectivity index (χ0v) is 14.3. The molecule has 0 aromatic carbocycles. The van der Waals surface area contributed by atoms with Gasteiger partial charge in [0.25, 0.3) is 0 Å². The third kappa shape index (κ3) is 3.58. The van der Waals surface area contributed by atoms with Crippen LogP contribution in [0.1, 0.15) is 43.5 Å². The second-order valence-electron chi connectivity index (χ2n) is 6.73. The topological polar surface area (TPSA) is 91.6 Å². The Morgan fingerprint density at radius 1 is 1.38 bits per heavy atom. The van der Waals surface area contributed by atoms with Gasteiger partial charge in [0, 0.05) is 26.2 Å². The second-order valence-corrected chi connectivity index (χ2v) is 6.73. The number of aryl methyl sites for hydroxylation is 1. The summed E-state index contributed by atoms with van der Waals surface area (Å²) in [5.74, 6) is -0.100. The molecule has 0 spiro atoms. The molecule has 1 aliphatic heterocycles. The molecule has 2 aliphatic rings. The molecule has 1 saturated carbocycles. The lowest BCUT2D eigenvalue weighted by atomic mass is 10.0. The van der Waals surface area contributed by atoms with E-state index in [-0.39, 0.29) is 24.3 Å². The van der Waals surface area contributed by atoms with Gasteiger partial charge in [-0.05, 0) is 19.8 Å². The predicted molar refractivity (Wildman–Crippen MR) is 85.9 cm³/mol. The molecule has 2 amide bonds. The molecule has 8 heteroatoms. The molecule has 1 saturated heterocycles. The maximum atomic E-state index is 12.6. The van der Waals surface area contributed by atoms with E-state index in [1.807, 2.05) is 0 Å². The third-order valence-corrected chi connectivity index (χ3v) is 5.09. The third-order valence-electron chi connectivity index (χ3n) is 5.09. The van der Waals surface area contributed by atoms with Crippen molar-refractivity contribution >= 4 is 11.8 Å². The van der Waals surface area contributed by atoms with Crippen LogP contribution >= 0.6 is 0 Å². The summed E-state index contributed by atoms with van der Waals surface area (Å²) in [7, 11) is 1.72. The Morgan fingerprint density at radius 2 is 2.12 bits per heavy atom. The number of rotatable bonds is 5. The zero-order chi connectivity index (χ0) is 17.1. The normalized spacial score (nSPS) is 22.6. The molecule has 2 heterocycles. The summed E-state index contributed by atoms with van der Waals surface area (Å²) in [6.07, 6.45) is 4.86. The molecule has 1 aromatic heterocycles. The number of aromatic nitrogens is 2. The fourth-order valence-corrected chi connectivity index (χ4v) is 3.64. The van der Waals surface area contributed by atoms with Crippen molar-refractivity contribution in [3.05, 3.63) is 11.4 Å². The first kappa shape index (κ1) is 16.9. The molecule has 1 aromatic rings. The molecule has 8 nitrogen and oxygen atoms in total. The van der Waals surface area contributed by atoms with Crippen LogP contribution in [0.2, 0.25) is 0 Å². The summed E-state index contributed by atoms with van der Waals surface area (Å²) in [5, 5.41) is 10.4. The fraction of sp³-hybridized carbons (Fsp3) is 0.750. The SMILES string of the molecule is Cc1nonc1CN(C)C(=O)C[C@H]1C(=O)NCCN1C1CCCC1. The minimum atomic E-state index is -0.367. The molecule has 1 atom stereocenters. The first-order valence-electron chi connectivity index (χ1n) is 8.61. The average Bonchev–Trinajstić information content (AvgIpc) is 3.22. The van der Waals surface area contributed by atoms with Gasteiger partial charge in [-0.15, -0.1) is 0 Å². The van der Waals surface area contributed by atoms with E-state index in [1.54, 1.807) is 18.9 Å². The van der Waals surface area contributed by atoms with E-state index in [0.717, 1.165) is 19.4 Å². The summed E-state index contributed by atoms with van der Waals surface area (Å²) in [6.45, 7) is 3.62. The molecule has 0 radical (unpaired) electrons. The van der Waals surface area contributed by atoms with E-state index in [1.165, 1.54) is 12.8 Å². The summed E-state index contributed by atoms with van der Waals surface area (Å²) in [6, 6.07) is 0.0643. The Bertz CT molecular complexity index is 596. The Labute approximate surface area is 141 Å². The van der Waals surface area contributed by atoms with Crippen molar-refractivity contribution in [2.75, 3.05) is 20.1 Å². The number of piperazine rings is 1. The smallest absolute Gasteiger partial charge is 0.237 e. The van der Waals surface area contributed by atoms with E-state index < -0.39 is 0 Å². The van der Waals surface area contributed by atoms with Gasteiger partial charge in [0.2, 0.25) is 11.8 Å². The first-order chi connectivity index (χ1) is 11.6. The molecular weight excluding hydrogens is 310 g/mol. The van der Waals surface area contributed by atoms with Crippen LogP contribution < -0.4 is 5.32 Å². The van der Waals surface area contributed by atoms with Crippen LogP contribution in [0.3, 0.4) is 0 Å². The summed E-state index contributed by atoms with van der Waals surface area (Å²) >= 11 is 0. The van der Waals surface area contributed by atoms with Gasteiger partial charge in [0.15, 0.2) is 0 Å². The van der Waals surface area contributed by atoms with Gasteiger partial charge in [-0.3, -0.25) is 14.5 Å². The quantitative estimate of drug-likeness (QED) is 0.841. The van der Waals surface area contributed by atoms with Gasteiger partial charge < -0.3 is 10.2 Å². The number of carbonyl (C=O) groups is 2. The maximum Gasteiger partial charge on any atom is 0.237 e. The van der Waals surface area contributed by atoms with E-state index in [4.69, 9.17) is 0 Å². The van der Waals surface area contributed by atoms with Crippen LogP contribution in [0.15, 0.2) is 4.63 Å². The van der Waals surface area contributed by atoms with Crippen molar-refractivity contribution in [1.82, 2.24) is 25.4 Å². The molecule has 132 valence electrons. The van der Waals surface area contributed by atoms with Crippen LogP contribution in [-0.2, 0) is 16.1 Å². The van der Waals surface area contributed by atoms with Crippen molar-refractivity contribution < 1.29 is 14.2 Å². The average molecular weight is 335 g/mol. The molecule has 24 heavy (non-hydrogen) atoms. The van der Waals surface area contributed by atoms with Gasteiger partial charge in [-0.2, -0.15) is 0 Å². The molecule has 0 unspecified atom stereocenters. The molecule has 1 aliphatic carbocycles. The lowest BCUT2D eigenvalue weighted by Crippen LogP contribution is -2.59. The van der Waals surface area contributed by atoms with Gasteiger partial charge in [-0.1, -0.05) is 23.2 Å². The van der Waals surface area contributed by atoms with Crippen molar-refractivity contribution in [3.8, 4) is 0 Å². The minimum absolute atomic E-state index is 0.0332. The number of hydrogen-bond acceptors (Lipinski definition) is 6. The maximum absolute atomic E-state index is 12.6. The molecule has 1 N–H and O–H groups in total. The van der Waals surface area contributed by atoms with Crippen LogP contribution in [0.25, 0.3) is 0 Å². The van der Waals surface area contributed by atoms with Gasteiger partial charge in [-0.25, -0.2) is 4.63 Å². The fourth-order valence-electron chi connectivity index (χ4n) is 3.64. The lowest BCUT2D eigenvalue weighted by molar-refractivity contribution is -0.139. The molecule has 3 rings (SSSR count). The van der Waals surface area contributed by atoms with Crippen LogP contribution in [0.4, 0.5) is 0 Å². The van der Waals surface area contributed by atoms with Crippen molar-refractivity contribution in [1.29, 1.82) is 0 Å². The summed E-state index contributed by atoms with van der Waals surface area (Å²) in [4.78, 5) is 28.7. The summed E-state index contributed by atoms with van der Waals surface area (Å²) in [5.41, 5.74) is 1.32. The van der Waals surface area contributed by atoms with Gasteiger partial charge >= 0.3 is 0 Å². The highest BCUT2D eigenvalue weighted by molar-refractivity contribution is 5.88. The second kappa shape index (κ2) is 7.29. The van der Waals surface area contributed by atoms with E-state index in [9.17, 15) is 9.59 Å². The first-order valence-corrected chi connectivity index (χ1v) is 8.61. The summed E-state index contributed by atoms with van der Waals surface area (Å²) < 4.78 is 4.67. The van der Waals surface area contributed by atoms with Crippen LogP contribution in [0.5, 0.6) is 0 Å². The van der Waals surface area contributed by atoms with E-state index in [2.05, 4.69) is 25.2 Å². The monoisotopic (exact) mass is 335 g/mol. The van der Waals surface area contributed by atoms with E-state index in [0.29, 0.717) is 30.5 Å². The Morgan fingerprint density at radius 3 is 2.79 bits per heavy atom. The highest BCUT2D eigenvalue weighted by Gasteiger charge is 2.37. The van der Waals surface area contributed by atoms with Crippen molar-refractivity contribution in [3.63, 3.8) is 0 Å². The largest absolute Gasteiger partial charge is 0.353 e. The predicted octanol–water partition coefficient (Wildman–Crippen LogP) is 0.470. The number of hydrogen-bond donors (Lipinski definition) is 1. The number of nitrogens with one attached hydrogen (secondary N) is 1. The Balaban J connectivity index is 1.63. The number of nitrogens with zero attached hydrogens (tertiary/aromatic N) is 4. The highest BCUT2D eigenvalue weighted by atomic mass is 16.6. The zero-order valence-electron chi connectivity index (χ0n) is 14.3.